The number of hydrogen-bond donors (Lipinski definition) is 0. The first-order valence-electron chi connectivity index (χ1n) is 4.71. The first-order chi connectivity index (χ1) is 6.18. The normalized spacial score (nSPS) is 14.5. The lowest BCUT2D eigenvalue weighted by molar-refractivity contribution is 0.948. The molecule has 0 amide bonds. The Bertz CT molecular complexity index is 352. The second kappa shape index (κ2) is 2.91. The van der Waals surface area contributed by atoms with Gasteiger partial charge in [-0.1, -0.05) is 18.7 Å². The predicted octanol–water partition coefficient (Wildman–Crippen LogP) is 2.89. The van der Waals surface area contributed by atoms with Crippen molar-refractivity contribution >= 4 is 5.69 Å². The molecule has 0 saturated carbocycles. The highest BCUT2D eigenvalue weighted by molar-refractivity contribution is 5.62. The van der Waals surface area contributed by atoms with Crippen LogP contribution in [0.3, 0.4) is 0 Å². The molecule has 0 spiro atoms. The highest BCUT2D eigenvalue weighted by Gasteiger charge is 2.18. The molecule has 0 N–H and O–H groups in total. The largest absolute Gasteiger partial charge is 0.345 e. The molecule has 0 unspecified atom stereocenters. The van der Waals surface area contributed by atoms with E-state index in [1.54, 1.807) is 0 Å². The molecule has 1 heterocycles. The fourth-order valence-corrected chi connectivity index (χ4v) is 1.89. The third-order valence-corrected chi connectivity index (χ3v) is 2.60. The van der Waals surface area contributed by atoms with E-state index in [0.717, 1.165) is 18.7 Å². The molecular weight excluding hydrogens is 158 g/mol. The van der Waals surface area contributed by atoms with E-state index in [9.17, 15) is 0 Å². The van der Waals surface area contributed by atoms with Crippen molar-refractivity contribution in [2.24, 2.45) is 0 Å². The fraction of sp³-hybridized carbons (Fsp3) is 0.333. The van der Waals surface area contributed by atoms with E-state index in [2.05, 4.69) is 43.5 Å². The van der Waals surface area contributed by atoms with Gasteiger partial charge in [-0.3, -0.25) is 0 Å². The topological polar surface area (TPSA) is 3.24 Å². The van der Waals surface area contributed by atoms with Crippen molar-refractivity contribution in [2.75, 3.05) is 11.4 Å². The van der Waals surface area contributed by atoms with Crippen LogP contribution < -0.4 is 4.90 Å². The Morgan fingerprint density at radius 1 is 1.46 bits per heavy atom. The lowest BCUT2D eigenvalue weighted by Gasteiger charge is -2.19. The summed E-state index contributed by atoms with van der Waals surface area (Å²) in [6.45, 7) is 9.28. The second-order valence-electron chi connectivity index (χ2n) is 3.77. The van der Waals surface area contributed by atoms with Crippen LogP contribution in [0.4, 0.5) is 5.69 Å². The van der Waals surface area contributed by atoms with Crippen molar-refractivity contribution in [1.29, 1.82) is 0 Å². The predicted molar refractivity (Wildman–Crippen MR) is 57.0 cm³/mol. The number of anilines is 1. The molecule has 0 saturated heterocycles. The molecule has 2 rings (SSSR count). The third kappa shape index (κ3) is 1.35. The maximum absolute atomic E-state index is 3.99. The van der Waals surface area contributed by atoms with Gasteiger partial charge in [0.2, 0.25) is 0 Å². The van der Waals surface area contributed by atoms with E-state index < -0.39 is 0 Å². The standard InChI is InChI=1S/C12H15N/c1-9(2)13-7-6-11-5-4-10(3)8-12(11)13/h4-5,8H,1,6-7H2,2-3H3. The summed E-state index contributed by atoms with van der Waals surface area (Å²) in [5.41, 5.74) is 5.28. The molecule has 1 aromatic rings. The maximum Gasteiger partial charge on any atom is 0.0443 e. The van der Waals surface area contributed by atoms with Gasteiger partial charge in [0.25, 0.3) is 0 Å². The van der Waals surface area contributed by atoms with E-state index >= 15 is 0 Å². The molecule has 0 aliphatic carbocycles. The molecule has 1 aliphatic rings. The van der Waals surface area contributed by atoms with Gasteiger partial charge in [-0.15, -0.1) is 0 Å². The van der Waals surface area contributed by atoms with Gasteiger partial charge in [0.05, 0.1) is 0 Å². The van der Waals surface area contributed by atoms with Crippen LogP contribution in [0.5, 0.6) is 0 Å². The van der Waals surface area contributed by atoms with Gasteiger partial charge < -0.3 is 4.90 Å². The molecule has 0 atom stereocenters. The summed E-state index contributed by atoms with van der Waals surface area (Å²) in [6.07, 6.45) is 1.16. The van der Waals surface area contributed by atoms with Crippen LogP contribution in [0, 0.1) is 6.92 Å². The summed E-state index contributed by atoms with van der Waals surface area (Å²) in [5.74, 6) is 0. The Morgan fingerprint density at radius 2 is 2.23 bits per heavy atom. The average molecular weight is 173 g/mol. The van der Waals surface area contributed by atoms with Crippen LogP contribution in [-0.2, 0) is 6.42 Å². The number of nitrogens with zero attached hydrogens (tertiary/aromatic N) is 1. The van der Waals surface area contributed by atoms with E-state index in [4.69, 9.17) is 0 Å². The molecule has 0 bridgehead atoms. The van der Waals surface area contributed by atoms with Crippen molar-refractivity contribution in [3.8, 4) is 0 Å². The molecule has 0 radical (unpaired) electrons. The van der Waals surface area contributed by atoms with Crippen LogP contribution >= 0.6 is 0 Å². The van der Waals surface area contributed by atoms with E-state index in [1.807, 2.05) is 0 Å². The Labute approximate surface area is 79.7 Å². The zero-order valence-corrected chi connectivity index (χ0v) is 8.30. The summed E-state index contributed by atoms with van der Waals surface area (Å²) in [6, 6.07) is 6.66. The molecular formula is C12H15N. The molecule has 1 nitrogen and oxygen atoms in total. The summed E-state index contributed by atoms with van der Waals surface area (Å²) in [7, 11) is 0. The smallest absolute Gasteiger partial charge is 0.0443 e. The summed E-state index contributed by atoms with van der Waals surface area (Å²) in [4.78, 5) is 2.29. The van der Waals surface area contributed by atoms with Crippen LogP contribution in [0.1, 0.15) is 18.1 Å². The summed E-state index contributed by atoms with van der Waals surface area (Å²) < 4.78 is 0. The van der Waals surface area contributed by atoms with Crippen molar-refractivity contribution < 1.29 is 0 Å². The maximum atomic E-state index is 3.99. The summed E-state index contributed by atoms with van der Waals surface area (Å²) >= 11 is 0. The Hall–Kier alpha value is -1.24. The molecule has 1 aromatic carbocycles. The Morgan fingerprint density at radius 3 is 2.92 bits per heavy atom. The van der Waals surface area contributed by atoms with Gasteiger partial charge in [0.15, 0.2) is 0 Å². The van der Waals surface area contributed by atoms with E-state index in [-0.39, 0.29) is 0 Å². The zero-order valence-electron chi connectivity index (χ0n) is 8.30. The zero-order chi connectivity index (χ0) is 9.42. The Kier molecular flexibility index (Phi) is 1.87. The summed E-state index contributed by atoms with van der Waals surface area (Å²) in [5, 5.41) is 0. The van der Waals surface area contributed by atoms with Crippen molar-refractivity contribution in [3.63, 3.8) is 0 Å². The van der Waals surface area contributed by atoms with Crippen molar-refractivity contribution in [2.45, 2.75) is 20.3 Å². The SMILES string of the molecule is C=C(C)N1CCc2ccc(C)cc21. The molecule has 13 heavy (non-hydrogen) atoms. The first kappa shape index (κ1) is 8.36. The highest BCUT2D eigenvalue weighted by Crippen LogP contribution is 2.30. The highest BCUT2D eigenvalue weighted by atomic mass is 15.2. The minimum Gasteiger partial charge on any atom is -0.345 e. The van der Waals surface area contributed by atoms with Crippen molar-refractivity contribution in [3.05, 3.63) is 41.6 Å². The number of benzene rings is 1. The number of hydrogen-bond acceptors (Lipinski definition) is 1. The Balaban J connectivity index is 2.46. The first-order valence-corrected chi connectivity index (χ1v) is 4.71. The number of rotatable bonds is 1. The molecule has 0 aromatic heterocycles. The van der Waals surface area contributed by atoms with Gasteiger partial charge >= 0.3 is 0 Å². The van der Waals surface area contributed by atoms with Crippen LogP contribution in [0.15, 0.2) is 30.5 Å². The van der Waals surface area contributed by atoms with E-state index in [1.165, 1.54) is 16.8 Å². The lowest BCUT2D eigenvalue weighted by atomic mass is 10.1. The van der Waals surface area contributed by atoms with E-state index in [0.29, 0.717) is 0 Å². The van der Waals surface area contributed by atoms with Crippen LogP contribution in [0.25, 0.3) is 0 Å². The van der Waals surface area contributed by atoms with Crippen LogP contribution in [0.2, 0.25) is 0 Å². The van der Waals surface area contributed by atoms with Crippen LogP contribution in [-0.4, -0.2) is 6.54 Å². The van der Waals surface area contributed by atoms with Gasteiger partial charge in [-0.2, -0.15) is 0 Å². The fourth-order valence-electron chi connectivity index (χ4n) is 1.89. The van der Waals surface area contributed by atoms with Gasteiger partial charge in [0, 0.05) is 17.9 Å². The quantitative estimate of drug-likeness (QED) is 0.631. The van der Waals surface area contributed by atoms with Gasteiger partial charge in [-0.25, -0.2) is 0 Å². The lowest BCUT2D eigenvalue weighted by Crippen LogP contribution is -2.16. The van der Waals surface area contributed by atoms with Gasteiger partial charge in [0.1, 0.15) is 0 Å². The average Bonchev–Trinajstić information content (AvgIpc) is 2.46. The molecule has 1 aliphatic heterocycles. The van der Waals surface area contributed by atoms with Crippen molar-refractivity contribution in [1.82, 2.24) is 0 Å². The second-order valence-corrected chi connectivity index (χ2v) is 3.77. The number of allylic oxidation sites excluding steroid dienone is 1. The number of aryl methyl sites for hydroxylation is 1. The minimum atomic E-state index is 1.09. The minimum absolute atomic E-state index is 1.09. The molecule has 1 heteroatoms. The molecule has 68 valence electrons. The number of fused-ring (bicyclic) bond motifs is 1. The third-order valence-electron chi connectivity index (χ3n) is 2.60. The van der Waals surface area contributed by atoms with Gasteiger partial charge in [-0.05, 0) is 37.5 Å². The monoisotopic (exact) mass is 173 g/mol. The molecule has 0 fully saturated rings.